The van der Waals surface area contributed by atoms with Gasteiger partial charge < -0.3 is 15.4 Å². The molecular weight excluding hydrogens is 329 g/mol. The van der Waals surface area contributed by atoms with Gasteiger partial charge in [0.15, 0.2) is 5.96 Å². The number of rotatable bonds is 8. The first-order chi connectivity index (χ1) is 7.85. The van der Waals surface area contributed by atoms with Crippen molar-refractivity contribution in [3.05, 3.63) is 0 Å². The number of halogens is 1. The minimum absolute atomic E-state index is 0. The molecule has 0 heterocycles. The Kier molecular flexibility index (Phi) is 17.2. The Bertz CT molecular complexity index is 226. The summed E-state index contributed by atoms with van der Waals surface area (Å²) in [6, 6.07) is 0. The minimum atomic E-state index is 0. The van der Waals surface area contributed by atoms with Gasteiger partial charge in [-0.3, -0.25) is 4.99 Å². The zero-order valence-corrected chi connectivity index (χ0v) is 13.1. The van der Waals surface area contributed by atoms with Crippen molar-refractivity contribution in [3.8, 4) is 12.3 Å². The van der Waals surface area contributed by atoms with Gasteiger partial charge in [0.2, 0.25) is 0 Å². The molecule has 0 amide bonds. The monoisotopic (exact) mass is 353 g/mol. The molecule has 0 fully saturated rings. The topological polar surface area (TPSA) is 45.7 Å². The summed E-state index contributed by atoms with van der Waals surface area (Å²) < 4.78 is 4.98. The second-order valence-corrected chi connectivity index (χ2v) is 3.37. The van der Waals surface area contributed by atoms with E-state index < -0.39 is 0 Å². The molecular formula is C12H24IN3O. The predicted octanol–water partition coefficient (Wildman–Crippen LogP) is 1.61. The fourth-order valence-corrected chi connectivity index (χ4v) is 1.20. The number of hydrogen-bond donors (Lipinski definition) is 2. The first-order valence-electron chi connectivity index (χ1n) is 5.79. The van der Waals surface area contributed by atoms with E-state index in [4.69, 9.17) is 11.2 Å². The van der Waals surface area contributed by atoms with Gasteiger partial charge in [0.25, 0.3) is 0 Å². The number of nitrogens with one attached hydrogen (secondary N) is 2. The van der Waals surface area contributed by atoms with Crippen LogP contribution in [0.25, 0.3) is 0 Å². The van der Waals surface area contributed by atoms with Crippen molar-refractivity contribution >= 4 is 29.9 Å². The van der Waals surface area contributed by atoms with E-state index in [0.717, 1.165) is 44.9 Å². The van der Waals surface area contributed by atoms with Gasteiger partial charge in [-0.2, -0.15) is 0 Å². The molecule has 4 nitrogen and oxygen atoms in total. The molecule has 0 saturated carbocycles. The van der Waals surface area contributed by atoms with Crippen LogP contribution in [-0.4, -0.2) is 39.3 Å². The van der Waals surface area contributed by atoms with Crippen molar-refractivity contribution in [3.63, 3.8) is 0 Å². The zero-order chi connectivity index (χ0) is 12.1. The Balaban J connectivity index is 0. The van der Waals surface area contributed by atoms with Gasteiger partial charge >= 0.3 is 0 Å². The lowest BCUT2D eigenvalue weighted by molar-refractivity contribution is 0.192. The molecule has 0 radical (unpaired) electrons. The van der Waals surface area contributed by atoms with Gasteiger partial charge in [-0.25, -0.2) is 0 Å². The van der Waals surface area contributed by atoms with Crippen LogP contribution in [0.15, 0.2) is 4.99 Å². The predicted molar refractivity (Wildman–Crippen MR) is 84.0 cm³/mol. The molecule has 0 unspecified atom stereocenters. The highest BCUT2D eigenvalue weighted by molar-refractivity contribution is 14.0. The zero-order valence-electron chi connectivity index (χ0n) is 10.8. The van der Waals surface area contributed by atoms with E-state index in [0.29, 0.717) is 6.54 Å². The quantitative estimate of drug-likeness (QED) is 0.229. The van der Waals surface area contributed by atoms with Gasteiger partial charge in [0.1, 0.15) is 0 Å². The summed E-state index contributed by atoms with van der Waals surface area (Å²) in [6.45, 7) is 5.05. The van der Waals surface area contributed by atoms with E-state index in [9.17, 15) is 0 Å². The lowest BCUT2D eigenvalue weighted by atomic mass is 10.2. The third-order valence-corrected chi connectivity index (χ3v) is 1.98. The maximum Gasteiger partial charge on any atom is 0.192 e. The number of terminal acetylenes is 1. The molecule has 0 aliphatic rings. The summed E-state index contributed by atoms with van der Waals surface area (Å²) in [5, 5.41) is 6.19. The van der Waals surface area contributed by atoms with Crippen LogP contribution in [0.1, 0.15) is 26.2 Å². The van der Waals surface area contributed by atoms with Crippen LogP contribution in [0.5, 0.6) is 0 Å². The third kappa shape index (κ3) is 13.5. The lowest BCUT2D eigenvalue weighted by Crippen LogP contribution is -2.37. The molecule has 17 heavy (non-hydrogen) atoms. The highest BCUT2D eigenvalue weighted by Crippen LogP contribution is 1.95. The molecule has 2 N–H and O–H groups in total. The molecule has 0 spiro atoms. The maximum atomic E-state index is 5.17. The Labute approximate surface area is 122 Å². The van der Waals surface area contributed by atoms with Gasteiger partial charge in [0, 0.05) is 26.8 Å². The van der Waals surface area contributed by atoms with E-state index in [2.05, 4.69) is 21.5 Å². The summed E-state index contributed by atoms with van der Waals surface area (Å²) in [4.78, 5) is 4.41. The summed E-state index contributed by atoms with van der Waals surface area (Å²) in [6.07, 6.45) is 8.50. The molecule has 0 aliphatic carbocycles. The SMILES string of the molecule is C#CCNC(=NCCCCCOC)NCC.I. The van der Waals surface area contributed by atoms with E-state index in [-0.39, 0.29) is 24.0 Å². The molecule has 0 atom stereocenters. The van der Waals surface area contributed by atoms with Crippen LogP contribution < -0.4 is 10.6 Å². The Morgan fingerprint density at radius 3 is 2.65 bits per heavy atom. The number of methoxy groups -OCH3 is 1. The fourth-order valence-electron chi connectivity index (χ4n) is 1.20. The smallest absolute Gasteiger partial charge is 0.192 e. The maximum absolute atomic E-state index is 5.17. The standard InChI is InChI=1S/C12H23N3O.HI/c1-4-9-14-12(13-5-2)15-10-7-6-8-11-16-3;/h1H,5-11H2,2-3H3,(H2,13,14,15);1H. The third-order valence-electron chi connectivity index (χ3n) is 1.98. The largest absolute Gasteiger partial charge is 0.385 e. The average molecular weight is 353 g/mol. The number of hydrogen-bond acceptors (Lipinski definition) is 2. The number of aliphatic imine (C=N–C) groups is 1. The van der Waals surface area contributed by atoms with E-state index in [1.807, 2.05) is 6.92 Å². The van der Waals surface area contributed by atoms with Gasteiger partial charge in [-0.05, 0) is 26.2 Å². The van der Waals surface area contributed by atoms with Gasteiger partial charge in [-0.15, -0.1) is 30.4 Å². The van der Waals surface area contributed by atoms with E-state index >= 15 is 0 Å². The number of nitrogens with zero attached hydrogens (tertiary/aromatic N) is 1. The van der Waals surface area contributed by atoms with Crippen molar-refractivity contribution in [1.29, 1.82) is 0 Å². The normalized spacial score (nSPS) is 10.3. The highest BCUT2D eigenvalue weighted by atomic mass is 127. The van der Waals surface area contributed by atoms with E-state index in [1.54, 1.807) is 7.11 Å². The summed E-state index contributed by atoms with van der Waals surface area (Å²) >= 11 is 0. The van der Waals surface area contributed by atoms with Gasteiger partial charge in [0.05, 0.1) is 6.54 Å². The Morgan fingerprint density at radius 2 is 2.06 bits per heavy atom. The first kappa shape index (κ1) is 18.9. The van der Waals surface area contributed by atoms with E-state index in [1.165, 1.54) is 0 Å². The summed E-state index contributed by atoms with van der Waals surface area (Å²) in [5.74, 6) is 3.32. The van der Waals surface area contributed by atoms with Crippen LogP contribution in [0.2, 0.25) is 0 Å². The molecule has 0 aliphatic heterocycles. The van der Waals surface area contributed by atoms with Crippen LogP contribution in [0.4, 0.5) is 0 Å². The molecule has 0 aromatic rings. The molecule has 0 rings (SSSR count). The van der Waals surface area contributed by atoms with Crippen molar-refractivity contribution in [2.75, 3.05) is 33.4 Å². The average Bonchev–Trinajstić information content (AvgIpc) is 2.30. The van der Waals surface area contributed by atoms with Crippen LogP contribution in [0.3, 0.4) is 0 Å². The molecule has 100 valence electrons. The number of guanidine groups is 1. The summed E-state index contributed by atoms with van der Waals surface area (Å²) in [7, 11) is 1.73. The Morgan fingerprint density at radius 1 is 1.29 bits per heavy atom. The van der Waals surface area contributed by atoms with Gasteiger partial charge in [-0.1, -0.05) is 5.92 Å². The molecule has 0 saturated heterocycles. The molecule has 0 aromatic heterocycles. The number of ether oxygens (including phenoxy) is 1. The minimum Gasteiger partial charge on any atom is -0.385 e. The molecule has 5 heteroatoms. The van der Waals surface area contributed by atoms with Crippen LogP contribution >= 0.6 is 24.0 Å². The highest BCUT2D eigenvalue weighted by Gasteiger charge is 1.94. The Hall–Kier alpha value is -0.480. The molecule has 0 bridgehead atoms. The fraction of sp³-hybridized carbons (Fsp3) is 0.750. The first-order valence-corrected chi connectivity index (χ1v) is 5.79. The second kappa shape index (κ2) is 15.5. The molecule has 0 aromatic carbocycles. The van der Waals surface area contributed by atoms with Crippen LogP contribution in [0, 0.1) is 12.3 Å². The number of unbranched alkanes of at least 4 members (excludes halogenated alkanes) is 2. The lowest BCUT2D eigenvalue weighted by Gasteiger charge is -2.08. The van der Waals surface area contributed by atoms with Crippen molar-refractivity contribution in [1.82, 2.24) is 10.6 Å². The van der Waals surface area contributed by atoms with Crippen molar-refractivity contribution < 1.29 is 4.74 Å². The van der Waals surface area contributed by atoms with Crippen molar-refractivity contribution in [2.45, 2.75) is 26.2 Å². The van der Waals surface area contributed by atoms with Crippen LogP contribution in [-0.2, 0) is 4.74 Å². The summed E-state index contributed by atoms with van der Waals surface area (Å²) in [5.41, 5.74) is 0. The second-order valence-electron chi connectivity index (χ2n) is 3.37. The van der Waals surface area contributed by atoms with Crippen molar-refractivity contribution in [2.24, 2.45) is 4.99 Å².